The van der Waals surface area contributed by atoms with Crippen molar-refractivity contribution in [2.45, 2.75) is 6.54 Å². The lowest BCUT2D eigenvalue weighted by molar-refractivity contribution is -0.132. The van der Waals surface area contributed by atoms with Crippen LogP contribution in [0.4, 0.5) is 0 Å². The van der Waals surface area contributed by atoms with Crippen LogP contribution in [0.15, 0.2) is 12.5 Å². The molecule has 2 heterocycles. The van der Waals surface area contributed by atoms with Gasteiger partial charge in [-0.2, -0.15) is 0 Å². The molecule has 1 aromatic heterocycles. The van der Waals surface area contributed by atoms with Gasteiger partial charge >= 0.3 is 5.97 Å². The van der Waals surface area contributed by atoms with Crippen molar-refractivity contribution in [1.82, 2.24) is 19.8 Å². The highest BCUT2D eigenvalue weighted by molar-refractivity contribution is 8.00. The zero-order valence-corrected chi connectivity index (χ0v) is 11.4. The number of nitrogens with zero attached hydrogens (tertiary/aromatic N) is 3. The highest BCUT2D eigenvalue weighted by Crippen LogP contribution is 2.13. The normalized spacial score (nSPS) is 14.6. The molecule has 0 spiro atoms. The van der Waals surface area contributed by atoms with Crippen LogP contribution in [0.25, 0.3) is 0 Å². The van der Waals surface area contributed by atoms with E-state index < -0.39 is 5.97 Å². The van der Waals surface area contributed by atoms with Crippen LogP contribution in [0.2, 0.25) is 0 Å². The second-order valence-corrected chi connectivity index (χ2v) is 5.18. The van der Waals surface area contributed by atoms with Crippen molar-refractivity contribution < 1.29 is 19.5 Å². The average Bonchev–Trinajstić information content (AvgIpc) is 3.00. The Labute approximate surface area is 119 Å². The molecule has 0 atom stereocenters. The first-order chi connectivity index (χ1) is 9.56. The highest BCUT2D eigenvalue weighted by Gasteiger charge is 2.22. The zero-order chi connectivity index (χ0) is 14.5. The number of hydrogen-bond acceptors (Lipinski definition) is 5. The van der Waals surface area contributed by atoms with Crippen molar-refractivity contribution in [2.75, 3.05) is 24.7 Å². The Hall–Kier alpha value is -2.03. The molecule has 9 heteroatoms. The molecule has 0 radical (unpaired) electrons. The monoisotopic (exact) mass is 298 g/mol. The minimum atomic E-state index is -1.09. The fourth-order valence-electron chi connectivity index (χ4n) is 1.69. The number of amides is 2. The second-order valence-electron chi connectivity index (χ2n) is 4.22. The lowest BCUT2D eigenvalue weighted by Crippen LogP contribution is -2.39. The SMILES string of the molecule is O=C(CN1CSCC1=O)NCCn1cnc(C(=O)O)c1. The van der Waals surface area contributed by atoms with Crippen LogP contribution < -0.4 is 5.32 Å². The van der Waals surface area contributed by atoms with Crippen LogP contribution >= 0.6 is 11.8 Å². The van der Waals surface area contributed by atoms with E-state index in [1.165, 1.54) is 29.2 Å². The van der Waals surface area contributed by atoms with Crippen molar-refractivity contribution in [3.8, 4) is 0 Å². The maximum atomic E-state index is 11.6. The Kier molecular flexibility index (Phi) is 4.61. The number of carbonyl (C=O) groups is 3. The first kappa shape index (κ1) is 14.4. The van der Waals surface area contributed by atoms with Gasteiger partial charge in [0.05, 0.1) is 18.0 Å². The Morgan fingerprint density at radius 1 is 1.50 bits per heavy atom. The molecule has 0 unspecified atom stereocenters. The zero-order valence-electron chi connectivity index (χ0n) is 10.6. The molecular weight excluding hydrogens is 284 g/mol. The van der Waals surface area contributed by atoms with E-state index in [1.807, 2.05) is 0 Å². The van der Waals surface area contributed by atoms with Crippen LogP contribution in [0.5, 0.6) is 0 Å². The predicted molar refractivity (Wildman–Crippen MR) is 71.2 cm³/mol. The summed E-state index contributed by atoms with van der Waals surface area (Å²) in [4.78, 5) is 38.8. The molecule has 0 aliphatic carbocycles. The van der Waals surface area contributed by atoms with Crippen molar-refractivity contribution >= 4 is 29.5 Å². The van der Waals surface area contributed by atoms with E-state index in [4.69, 9.17) is 5.11 Å². The van der Waals surface area contributed by atoms with E-state index in [1.54, 1.807) is 4.57 Å². The maximum Gasteiger partial charge on any atom is 0.356 e. The summed E-state index contributed by atoms with van der Waals surface area (Å²) in [5.41, 5.74) is -0.0315. The molecule has 8 nitrogen and oxygen atoms in total. The molecule has 2 rings (SSSR count). The van der Waals surface area contributed by atoms with E-state index >= 15 is 0 Å². The average molecular weight is 298 g/mol. The topological polar surface area (TPSA) is 105 Å². The Bertz CT molecular complexity index is 530. The minimum Gasteiger partial charge on any atom is -0.476 e. The van der Waals surface area contributed by atoms with Crippen LogP contribution in [-0.4, -0.2) is 62.1 Å². The summed E-state index contributed by atoms with van der Waals surface area (Å²) in [5, 5.41) is 11.4. The quantitative estimate of drug-likeness (QED) is 0.714. The van der Waals surface area contributed by atoms with E-state index in [9.17, 15) is 14.4 Å². The third-order valence-corrected chi connectivity index (χ3v) is 3.65. The van der Waals surface area contributed by atoms with Gasteiger partial charge in [0.15, 0.2) is 5.69 Å². The number of aromatic nitrogens is 2. The first-order valence-corrected chi connectivity index (χ1v) is 7.09. The number of carboxylic acids is 1. The molecule has 108 valence electrons. The van der Waals surface area contributed by atoms with Crippen LogP contribution in [0.1, 0.15) is 10.5 Å². The summed E-state index contributed by atoms with van der Waals surface area (Å²) in [6.07, 6.45) is 2.80. The minimum absolute atomic E-state index is 0.0224. The van der Waals surface area contributed by atoms with Crippen molar-refractivity contribution in [2.24, 2.45) is 0 Å². The standard InChI is InChI=1S/C11H14N4O4S/c16-9(4-15-7-20-5-10(15)17)12-1-2-14-3-8(11(18)19)13-6-14/h3,6H,1-2,4-5,7H2,(H,12,16)(H,18,19). The summed E-state index contributed by atoms with van der Waals surface area (Å²) < 4.78 is 1.58. The summed E-state index contributed by atoms with van der Waals surface area (Å²) in [6.45, 7) is 0.842. The second kappa shape index (κ2) is 6.42. The third-order valence-electron chi connectivity index (χ3n) is 2.70. The first-order valence-electron chi connectivity index (χ1n) is 5.93. The Balaban J connectivity index is 1.70. The molecule has 1 saturated heterocycles. The molecule has 1 aliphatic rings. The molecule has 0 bridgehead atoms. The number of hydrogen-bond donors (Lipinski definition) is 2. The van der Waals surface area contributed by atoms with Crippen LogP contribution in [-0.2, 0) is 16.1 Å². The van der Waals surface area contributed by atoms with E-state index in [2.05, 4.69) is 10.3 Å². The molecular formula is C11H14N4O4S. The van der Waals surface area contributed by atoms with Gasteiger partial charge in [0.25, 0.3) is 0 Å². The molecule has 1 aromatic rings. The predicted octanol–water partition coefficient (Wildman–Crippen LogP) is -0.770. The van der Waals surface area contributed by atoms with Gasteiger partial charge in [0.2, 0.25) is 11.8 Å². The van der Waals surface area contributed by atoms with E-state index in [-0.39, 0.29) is 24.1 Å². The maximum absolute atomic E-state index is 11.6. The largest absolute Gasteiger partial charge is 0.476 e. The van der Waals surface area contributed by atoms with Gasteiger partial charge in [0, 0.05) is 19.3 Å². The van der Waals surface area contributed by atoms with Crippen LogP contribution in [0, 0.1) is 0 Å². The van der Waals surface area contributed by atoms with Gasteiger partial charge in [-0.25, -0.2) is 9.78 Å². The lowest BCUT2D eigenvalue weighted by atomic mass is 10.4. The molecule has 0 aromatic carbocycles. The third kappa shape index (κ3) is 3.73. The number of carboxylic acid groups (broad SMARTS) is 1. The van der Waals surface area contributed by atoms with Crippen LogP contribution in [0.3, 0.4) is 0 Å². The molecule has 0 saturated carbocycles. The summed E-state index contributed by atoms with van der Waals surface area (Å²) >= 11 is 1.49. The summed E-state index contributed by atoms with van der Waals surface area (Å²) in [6, 6.07) is 0. The Morgan fingerprint density at radius 3 is 2.90 bits per heavy atom. The Morgan fingerprint density at radius 2 is 2.30 bits per heavy atom. The number of aromatic carboxylic acids is 1. The smallest absolute Gasteiger partial charge is 0.356 e. The number of nitrogens with one attached hydrogen (secondary N) is 1. The molecule has 2 N–H and O–H groups in total. The van der Waals surface area contributed by atoms with Gasteiger partial charge in [0.1, 0.15) is 6.54 Å². The van der Waals surface area contributed by atoms with Crippen molar-refractivity contribution in [1.29, 1.82) is 0 Å². The lowest BCUT2D eigenvalue weighted by Gasteiger charge is -2.14. The highest BCUT2D eigenvalue weighted by atomic mass is 32.2. The van der Waals surface area contributed by atoms with Crippen molar-refractivity contribution in [3.63, 3.8) is 0 Å². The molecule has 20 heavy (non-hydrogen) atoms. The fraction of sp³-hybridized carbons (Fsp3) is 0.455. The van der Waals surface area contributed by atoms with Gasteiger partial charge in [-0.05, 0) is 0 Å². The number of rotatable bonds is 6. The number of thioether (sulfide) groups is 1. The number of imidazole rings is 1. The molecule has 2 amide bonds. The summed E-state index contributed by atoms with van der Waals surface area (Å²) in [7, 11) is 0. The van der Waals surface area contributed by atoms with Gasteiger partial charge in [-0.3, -0.25) is 9.59 Å². The van der Waals surface area contributed by atoms with Crippen molar-refractivity contribution in [3.05, 3.63) is 18.2 Å². The summed E-state index contributed by atoms with van der Waals surface area (Å²) in [5.74, 6) is -0.348. The number of carbonyl (C=O) groups excluding carboxylic acids is 2. The van der Waals surface area contributed by atoms with E-state index in [0.717, 1.165) is 0 Å². The van der Waals surface area contributed by atoms with E-state index in [0.29, 0.717) is 24.7 Å². The molecule has 1 fully saturated rings. The van der Waals surface area contributed by atoms with Gasteiger partial charge in [-0.15, -0.1) is 11.8 Å². The fourth-order valence-corrected chi connectivity index (χ4v) is 2.59. The van der Waals surface area contributed by atoms with Gasteiger partial charge in [-0.1, -0.05) is 0 Å². The molecule has 1 aliphatic heterocycles. The van der Waals surface area contributed by atoms with Gasteiger partial charge < -0.3 is 19.9 Å².